The lowest BCUT2D eigenvalue weighted by molar-refractivity contribution is -0.773. The molecule has 34 heavy (non-hydrogen) atoms. The summed E-state index contributed by atoms with van der Waals surface area (Å²) in [5.41, 5.74) is -0.619. The maximum Gasteiger partial charge on any atom is 0.419 e. The smallest absolute Gasteiger partial charge is 0.384 e. The van der Waals surface area contributed by atoms with Gasteiger partial charge in [-0.2, -0.15) is 21.6 Å². The van der Waals surface area contributed by atoms with Crippen molar-refractivity contribution in [1.29, 1.82) is 0 Å². The molecule has 3 aromatic rings. The number of likely N-dealkylation sites (tertiary alicyclic amines) is 1. The van der Waals surface area contributed by atoms with Crippen molar-refractivity contribution in [1.82, 2.24) is 9.97 Å². The number of quaternary nitrogens is 1. The van der Waals surface area contributed by atoms with Gasteiger partial charge in [0.15, 0.2) is 0 Å². The summed E-state index contributed by atoms with van der Waals surface area (Å²) in [5, 5.41) is 2.78. The number of hydrogen-bond donors (Lipinski definition) is 2. The first-order valence-electron chi connectivity index (χ1n) is 10.4. The summed E-state index contributed by atoms with van der Waals surface area (Å²) in [5.74, 6) is -2.50. The second kappa shape index (κ2) is 8.66. The van der Waals surface area contributed by atoms with E-state index >= 15 is 0 Å². The number of nitrogens with zero attached hydrogens (tertiary/aromatic N) is 2. The first-order valence-corrected chi connectivity index (χ1v) is 11.8. The number of alkyl halides is 3. The zero-order valence-corrected chi connectivity index (χ0v) is 18.8. The maximum atomic E-state index is 13.6. The number of anilines is 1. The van der Waals surface area contributed by atoms with E-state index in [2.05, 4.69) is 15.3 Å². The molecule has 0 saturated carbocycles. The molecule has 1 unspecified atom stereocenters. The van der Waals surface area contributed by atoms with Crippen molar-refractivity contribution in [3.8, 4) is 0 Å². The van der Waals surface area contributed by atoms with Gasteiger partial charge in [-0.3, -0.25) is 0 Å². The third kappa shape index (κ3) is 4.51. The molecule has 1 saturated heterocycles. The van der Waals surface area contributed by atoms with Crippen molar-refractivity contribution < 1.29 is 34.3 Å². The van der Waals surface area contributed by atoms with E-state index in [9.17, 15) is 30.4 Å². The third-order valence-electron chi connectivity index (χ3n) is 6.23. The highest BCUT2D eigenvalue weighted by Crippen LogP contribution is 2.40. The van der Waals surface area contributed by atoms with E-state index in [1.54, 1.807) is 19.2 Å². The Morgan fingerprint density at radius 1 is 1.12 bits per heavy atom. The lowest BCUT2D eigenvalue weighted by atomic mass is 9.89. The lowest BCUT2D eigenvalue weighted by Gasteiger charge is -2.27. The van der Waals surface area contributed by atoms with Crippen LogP contribution in [-0.2, 0) is 16.2 Å². The SMILES string of the molecule is C[N@+]1(S(=O)(=O)c2c[nH]cn2)CC(CNc2ccc(F)c(C(F)(F)F)c2)[C@H](c2ccc(F)cc2)C1. The average Bonchev–Trinajstić information content (AvgIpc) is 3.42. The number of imidazole rings is 1. The molecule has 0 aliphatic carbocycles. The summed E-state index contributed by atoms with van der Waals surface area (Å²) in [6.07, 6.45) is -2.30. The van der Waals surface area contributed by atoms with E-state index in [0.29, 0.717) is 11.6 Å². The summed E-state index contributed by atoms with van der Waals surface area (Å²) in [6, 6.07) is 8.32. The second-order valence-electron chi connectivity index (χ2n) is 8.54. The van der Waals surface area contributed by atoms with Crippen molar-refractivity contribution in [2.45, 2.75) is 17.1 Å². The third-order valence-corrected chi connectivity index (χ3v) is 8.44. The minimum atomic E-state index is -4.85. The molecule has 1 aliphatic heterocycles. The van der Waals surface area contributed by atoms with E-state index < -0.39 is 33.4 Å². The molecular formula is C22H22F5N4O2S+. The zero-order valence-electron chi connectivity index (χ0n) is 18.0. The van der Waals surface area contributed by atoms with Crippen LogP contribution in [0.2, 0.25) is 0 Å². The number of likely N-dealkylation sites (N-methyl/N-ethyl adjacent to an activating group) is 1. The van der Waals surface area contributed by atoms with Gasteiger partial charge in [0, 0.05) is 30.3 Å². The Morgan fingerprint density at radius 3 is 2.44 bits per heavy atom. The Kier molecular flexibility index (Phi) is 6.15. The second-order valence-corrected chi connectivity index (χ2v) is 10.8. The highest BCUT2D eigenvalue weighted by atomic mass is 32.2. The van der Waals surface area contributed by atoms with Gasteiger partial charge < -0.3 is 10.3 Å². The molecule has 1 aliphatic rings. The highest BCUT2D eigenvalue weighted by Gasteiger charge is 2.52. The highest BCUT2D eigenvalue weighted by molar-refractivity contribution is 7.85. The maximum absolute atomic E-state index is 13.6. The van der Waals surface area contributed by atoms with Gasteiger partial charge in [-0.15, -0.1) is 0 Å². The van der Waals surface area contributed by atoms with Crippen LogP contribution in [0.4, 0.5) is 27.6 Å². The number of H-pyrrole nitrogens is 1. The molecule has 0 amide bonds. The van der Waals surface area contributed by atoms with Gasteiger partial charge in [0.05, 0.1) is 25.5 Å². The number of benzene rings is 2. The van der Waals surface area contributed by atoms with Crippen LogP contribution < -0.4 is 5.32 Å². The quantitative estimate of drug-likeness (QED) is 0.389. The normalized spacial score (nSPS) is 23.2. The fourth-order valence-electron chi connectivity index (χ4n) is 4.47. The topological polar surface area (TPSA) is 74.8 Å². The number of hydrogen-bond acceptors (Lipinski definition) is 4. The Labute approximate surface area is 193 Å². The van der Waals surface area contributed by atoms with Gasteiger partial charge in [0.1, 0.15) is 18.2 Å². The fourth-order valence-corrected chi connectivity index (χ4v) is 6.07. The van der Waals surface area contributed by atoms with E-state index in [1.807, 2.05) is 0 Å². The van der Waals surface area contributed by atoms with Crippen LogP contribution in [0, 0.1) is 17.6 Å². The Balaban J connectivity index is 1.63. The van der Waals surface area contributed by atoms with Crippen LogP contribution in [0.1, 0.15) is 17.0 Å². The van der Waals surface area contributed by atoms with Crippen molar-refractivity contribution in [2.75, 3.05) is 32.0 Å². The standard InChI is InChI=1S/C22H22F5N4O2S/c1-31(34(32,33)21-10-28-13-30-21)11-15(18(12-31)14-2-4-16(23)5-3-14)9-29-17-6-7-20(24)19(8-17)22(25,26)27/h2-8,10,13,15,18,29H,9,11-12H2,1H3,(H,28,30)/q+1/t15?,18-,31-/m0/s1. The van der Waals surface area contributed by atoms with Crippen LogP contribution in [-0.4, -0.2) is 49.0 Å². The summed E-state index contributed by atoms with van der Waals surface area (Å²) in [7, 11) is -2.34. The molecule has 1 fully saturated rings. The van der Waals surface area contributed by atoms with Crippen molar-refractivity contribution in [2.24, 2.45) is 5.92 Å². The van der Waals surface area contributed by atoms with Crippen LogP contribution >= 0.6 is 0 Å². The number of rotatable bonds is 6. The first kappa shape index (κ1) is 24.1. The van der Waals surface area contributed by atoms with E-state index in [4.69, 9.17) is 0 Å². The Hall–Kier alpha value is -2.99. The van der Waals surface area contributed by atoms with E-state index in [0.717, 1.165) is 6.07 Å². The zero-order chi connectivity index (χ0) is 24.7. The van der Waals surface area contributed by atoms with Gasteiger partial charge in [-0.05, 0) is 35.9 Å². The Bertz CT molecular complexity index is 1260. The van der Waals surface area contributed by atoms with Crippen molar-refractivity contribution in [3.05, 3.63) is 77.8 Å². The molecule has 4 rings (SSSR count). The van der Waals surface area contributed by atoms with Gasteiger partial charge in [0.2, 0.25) is 5.03 Å². The first-order chi connectivity index (χ1) is 15.9. The summed E-state index contributed by atoms with van der Waals surface area (Å²) in [6.45, 7) is 0.414. The molecule has 1 aromatic heterocycles. The molecule has 0 radical (unpaired) electrons. The molecule has 0 bridgehead atoms. The molecule has 6 nitrogen and oxygen atoms in total. The average molecular weight is 502 g/mol. The number of sulfonamides is 1. The number of nitrogens with one attached hydrogen (secondary N) is 2. The monoisotopic (exact) mass is 501 g/mol. The predicted octanol–water partition coefficient (Wildman–Crippen LogP) is 4.37. The van der Waals surface area contributed by atoms with Gasteiger partial charge in [-0.1, -0.05) is 12.1 Å². The molecule has 12 heteroatoms. The summed E-state index contributed by atoms with van der Waals surface area (Å²) in [4.78, 5) is 6.51. The summed E-state index contributed by atoms with van der Waals surface area (Å²) < 4.78 is 92.6. The number of halogens is 5. The van der Waals surface area contributed by atoms with Crippen molar-refractivity contribution in [3.63, 3.8) is 0 Å². The van der Waals surface area contributed by atoms with Crippen LogP contribution in [0.25, 0.3) is 0 Å². The molecule has 2 aromatic carbocycles. The molecule has 3 atom stereocenters. The van der Waals surface area contributed by atoms with Crippen LogP contribution in [0.3, 0.4) is 0 Å². The lowest BCUT2D eigenvalue weighted by Crippen LogP contribution is -2.47. The number of aromatic amines is 1. The minimum absolute atomic E-state index is 0.0582. The molecule has 2 N–H and O–H groups in total. The largest absolute Gasteiger partial charge is 0.419 e. The number of aromatic nitrogens is 2. The predicted molar refractivity (Wildman–Crippen MR) is 114 cm³/mol. The van der Waals surface area contributed by atoms with Gasteiger partial charge in [-0.25, -0.2) is 17.7 Å². The van der Waals surface area contributed by atoms with Gasteiger partial charge >= 0.3 is 16.2 Å². The molecule has 2 heterocycles. The minimum Gasteiger partial charge on any atom is -0.384 e. The molecule has 182 valence electrons. The van der Waals surface area contributed by atoms with Crippen molar-refractivity contribution >= 4 is 15.7 Å². The van der Waals surface area contributed by atoms with Crippen LogP contribution in [0.15, 0.2) is 60.0 Å². The molecule has 0 spiro atoms. The van der Waals surface area contributed by atoms with Crippen LogP contribution in [0.5, 0.6) is 0 Å². The Morgan fingerprint density at radius 2 is 1.82 bits per heavy atom. The summed E-state index contributed by atoms with van der Waals surface area (Å²) >= 11 is 0. The van der Waals surface area contributed by atoms with E-state index in [1.165, 1.54) is 30.7 Å². The van der Waals surface area contributed by atoms with E-state index in [-0.39, 0.29) is 46.1 Å². The van der Waals surface area contributed by atoms with Gasteiger partial charge in [0.25, 0.3) is 0 Å². The molecular weight excluding hydrogens is 479 g/mol. The fraction of sp³-hybridized carbons (Fsp3) is 0.318.